The van der Waals surface area contributed by atoms with E-state index in [1.54, 1.807) is 43.5 Å². The first kappa shape index (κ1) is 25.5. The predicted molar refractivity (Wildman–Crippen MR) is 142 cm³/mol. The summed E-state index contributed by atoms with van der Waals surface area (Å²) in [4.78, 5) is 28.2. The number of aliphatic hydroxyl groups is 1. The highest BCUT2D eigenvalue weighted by molar-refractivity contribution is 9.10. The molecule has 1 amide bonds. The number of likely N-dealkylation sites (tertiary alicyclic amines) is 1. The van der Waals surface area contributed by atoms with Crippen LogP contribution in [0.5, 0.6) is 11.5 Å². The fraction of sp³-hybridized carbons (Fsp3) is 0.241. The number of amides is 1. The molecule has 0 bridgehead atoms. The second-order valence-electron chi connectivity index (χ2n) is 8.98. The number of ketones is 1. The van der Waals surface area contributed by atoms with Crippen LogP contribution in [-0.2, 0) is 16.1 Å². The number of hydrogen-bond donors (Lipinski definition) is 1. The lowest BCUT2D eigenvalue weighted by Gasteiger charge is -2.26. The molecule has 36 heavy (non-hydrogen) atoms. The lowest BCUT2D eigenvalue weighted by atomic mass is 9.94. The van der Waals surface area contributed by atoms with Gasteiger partial charge in [0.25, 0.3) is 11.7 Å². The number of halogens is 1. The predicted octanol–water partition coefficient (Wildman–Crippen LogP) is 6.18. The Morgan fingerprint density at radius 1 is 1.03 bits per heavy atom. The minimum atomic E-state index is -0.793. The zero-order valence-corrected chi connectivity index (χ0v) is 22.2. The molecule has 1 aliphatic rings. The van der Waals surface area contributed by atoms with Crippen molar-refractivity contribution < 1.29 is 24.2 Å². The van der Waals surface area contributed by atoms with Gasteiger partial charge in [-0.15, -0.1) is 0 Å². The third-order valence-corrected chi connectivity index (χ3v) is 6.89. The lowest BCUT2D eigenvalue weighted by Crippen LogP contribution is -2.29. The first-order valence-corrected chi connectivity index (χ1v) is 12.4. The molecule has 186 valence electrons. The van der Waals surface area contributed by atoms with E-state index < -0.39 is 17.7 Å². The van der Waals surface area contributed by atoms with Crippen LogP contribution < -0.4 is 9.47 Å². The van der Waals surface area contributed by atoms with Crippen LogP contribution >= 0.6 is 15.9 Å². The van der Waals surface area contributed by atoms with Gasteiger partial charge in [-0.3, -0.25) is 9.59 Å². The van der Waals surface area contributed by atoms with Crippen LogP contribution in [0.4, 0.5) is 0 Å². The molecule has 1 N–H and O–H groups in total. The van der Waals surface area contributed by atoms with Gasteiger partial charge in [-0.2, -0.15) is 0 Å². The monoisotopic (exact) mass is 549 g/mol. The molecule has 0 spiro atoms. The third-order valence-electron chi connectivity index (χ3n) is 6.00. The number of carbonyl (C=O) groups excluding carboxylic acids is 2. The first-order valence-electron chi connectivity index (χ1n) is 11.6. The largest absolute Gasteiger partial charge is 0.507 e. The quantitative estimate of drug-likeness (QED) is 0.216. The van der Waals surface area contributed by atoms with Gasteiger partial charge in [-0.25, -0.2) is 0 Å². The molecule has 1 saturated heterocycles. The Balaban J connectivity index is 1.84. The van der Waals surface area contributed by atoms with E-state index in [2.05, 4.69) is 15.9 Å². The summed E-state index contributed by atoms with van der Waals surface area (Å²) in [5.41, 5.74) is 2.88. The summed E-state index contributed by atoms with van der Waals surface area (Å²) in [5.74, 6) is -0.340. The SMILES string of the molecule is COc1cccc(C2/C(=C(/O)c3ccc(Br)c(C)c3)C(=O)C(=O)N2Cc2cccc(OC(C)C)c2)c1. The molecule has 1 atom stereocenters. The van der Waals surface area contributed by atoms with Gasteiger partial charge in [-0.05, 0) is 73.9 Å². The van der Waals surface area contributed by atoms with Crippen LogP contribution in [0.2, 0.25) is 0 Å². The van der Waals surface area contributed by atoms with Crippen molar-refractivity contribution >= 4 is 33.4 Å². The van der Waals surface area contributed by atoms with Crippen molar-refractivity contribution in [2.45, 2.75) is 39.5 Å². The molecule has 0 saturated carbocycles. The molecular weight excluding hydrogens is 522 g/mol. The van der Waals surface area contributed by atoms with Crippen molar-refractivity contribution in [3.8, 4) is 11.5 Å². The summed E-state index contributed by atoms with van der Waals surface area (Å²) in [7, 11) is 1.56. The van der Waals surface area contributed by atoms with Crippen molar-refractivity contribution in [1.29, 1.82) is 0 Å². The fourth-order valence-corrected chi connectivity index (χ4v) is 4.58. The fourth-order valence-electron chi connectivity index (χ4n) is 4.33. The Morgan fingerprint density at radius 2 is 1.75 bits per heavy atom. The van der Waals surface area contributed by atoms with Gasteiger partial charge in [0.05, 0.1) is 24.8 Å². The molecule has 3 aromatic carbocycles. The van der Waals surface area contributed by atoms with E-state index in [4.69, 9.17) is 9.47 Å². The van der Waals surface area contributed by atoms with Gasteiger partial charge in [0.1, 0.15) is 17.3 Å². The smallest absolute Gasteiger partial charge is 0.295 e. The van der Waals surface area contributed by atoms with E-state index >= 15 is 0 Å². The number of nitrogens with zero attached hydrogens (tertiary/aromatic N) is 1. The summed E-state index contributed by atoms with van der Waals surface area (Å²) in [5, 5.41) is 11.3. The number of carbonyl (C=O) groups is 2. The maximum Gasteiger partial charge on any atom is 0.295 e. The topological polar surface area (TPSA) is 76.1 Å². The standard InChI is InChI=1S/C29H28BrNO5/c1-17(2)36-23-10-5-7-19(14-23)16-31-26(20-8-6-9-22(15-20)35-4)25(28(33)29(31)34)27(32)21-11-12-24(30)18(3)13-21/h5-15,17,26,32H,16H2,1-4H3/b27-25-. The van der Waals surface area contributed by atoms with Crippen molar-refractivity contribution in [3.63, 3.8) is 0 Å². The van der Waals surface area contributed by atoms with E-state index in [1.165, 1.54) is 4.90 Å². The molecule has 4 rings (SSSR count). The lowest BCUT2D eigenvalue weighted by molar-refractivity contribution is -0.140. The number of ether oxygens (including phenoxy) is 2. The summed E-state index contributed by atoms with van der Waals surface area (Å²) in [6, 6.07) is 19.2. The highest BCUT2D eigenvalue weighted by atomic mass is 79.9. The van der Waals surface area contributed by atoms with Crippen LogP contribution in [0.3, 0.4) is 0 Å². The maximum atomic E-state index is 13.3. The molecule has 1 aliphatic heterocycles. The van der Waals surface area contributed by atoms with Gasteiger partial charge in [0.2, 0.25) is 0 Å². The van der Waals surface area contributed by atoms with Gasteiger partial charge in [0, 0.05) is 16.6 Å². The van der Waals surface area contributed by atoms with Gasteiger partial charge >= 0.3 is 0 Å². The first-order chi connectivity index (χ1) is 17.2. The van der Waals surface area contributed by atoms with E-state index in [0.29, 0.717) is 22.6 Å². The molecule has 0 aromatic heterocycles. The van der Waals surface area contributed by atoms with E-state index in [9.17, 15) is 14.7 Å². The van der Waals surface area contributed by atoms with Crippen molar-refractivity contribution in [3.05, 3.63) is 99.0 Å². The highest BCUT2D eigenvalue weighted by Gasteiger charge is 2.46. The maximum absolute atomic E-state index is 13.3. The number of methoxy groups -OCH3 is 1. The summed E-state index contributed by atoms with van der Waals surface area (Å²) >= 11 is 3.46. The summed E-state index contributed by atoms with van der Waals surface area (Å²) < 4.78 is 12.1. The van der Waals surface area contributed by atoms with Crippen molar-refractivity contribution in [1.82, 2.24) is 4.90 Å². The number of benzene rings is 3. The van der Waals surface area contributed by atoms with E-state index in [0.717, 1.165) is 15.6 Å². The summed E-state index contributed by atoms with van der Waals surface area (Å²) in [6.07, 6.45) is 0.000581. The highest BCUT2D eigenvalue weighted by Crippen LogP contribution is 2.41. The second-order valence-corrected chi connectivity index (χ2v) is 9.84. The molecule has 0 radical (unpaired) electrons. The van der Waals surface area contributed by atoms with Crippen molar-refractivity contribution in [2.24, 2.45) is 0 Å². The van der Waals surface area contributed by atoms with Gasteiger partial charge < -0.3 is 19.5 Å². The Labute approximate surface area is 219 Å². The van der Waals surface area contributed by atoms with Crippen LogP contribution in [0.15, 0.2) is 76.8 Å². The number of rotatable bonds is 7. The number of hydrogen-bond acceptors (Lipinski definition) is 5. The summed E-state index contributed by atoms with van der Waals surface area (Å²) in [6.45, 7) is 5.94. The van der Waals surface area contributed by atoms with Crippen LogP contribution in [-0.4, -0.2) is 34.9 Å². The molecular formula is C29H28BrNO5. The number of aliphatic hydroxyl groups excluding tert-OH is 1. The third kappa shape index (κ3) is 5.16. The van der Waals surface area contributed by atoms with E-state index in [-0.39, 0.29) is 24.0 Å². The molecule has 1 fully saturated rings. The van der Waals surface area contributed by atoms with Crippen LogP contribution in [0.1, 0.15) is 42.1 Å². The van der Waals surface area contributed by atoms with Crippen LogP contribution in [0.25, 0.3) is 5.76 Å². The van der Waals surface area contributed by atoms with Crippen molar-refractivity contribution in [2.75, 3.05) is 7.11 Å². The number of aryl methyl sites for hydroxylation is 1. The van der Waals surface area contributed by atoms with Crippen LogP contribution in [0, 0.1) is 6.92 Å². The second kappa shape index (κ2) is 10.6. The Morgan fingerprint density at radius 3 is 2.44 bits per heavy atom. The molecule has 6 nitrogen and oxygen atoms in total. The molecule has 1 heterocycles. The molecule has 1 unspecified atom stereocenters. The molecule has 7 heteroatoms. The van der Waals surface area contributed by atoms with E-state index in [1.807, 2.05) is 51.1 Å². The molecule has 3 aromatic rings. The molecule has 0 aliphatic carbocycles. The Bertz CT molecular complexity index is 1350. The Kier molecular flexibility index (Phi) is 7.50. The zero-order valence-electron chi connectivity index (χ0n) is 20.6. The Hall–Kier alpha value is -3.58. The van der Waals surface area contributed by atoms with Gasteiger partial charge in [0.15, 0.2) is 0 Å². The average Bonchev–Trinajstić information content (AvgIpc) is 3.10. The number of Topliss-reactive ketones (excluding diaryl/α,β-unsaturated/α-hetero) is 1. The zero-order chi connectivity index (χ0) is 26.0. The normalized spacial score (nSPS) is 17.1. The van der Waals surface area contributed by atoms with Gasteiger partial charge in [-0.1, -0.05) is 46.3 Å². The minimum absolute atomic E-state index is 0.000581. The average molecular weight is 550 g/mol. The minimum Gasteiger partial charge on any atom is -0.507 e.